The van der Waals surface area contributed by atoms with Crippen molar-refractivity contribution in [2.24, 2.45) is 0 Å². The summed E-state index contributed by atoms with van der Waals surface area (Å²) in [6.07, 6.45) is -3.00. The van der Waals surface area contributed by atoms with Gasteiger partial charge in [0, 0.05) is 22.7 Å². The SMILES string of the molecule is CC(=O)c1cnc(N)c2nc(-c3ccc(C(F)(F)F)cc3)ccc12. The van der Waals surface area contributed by atoms with Crippen LogP contribution in [0.5, 0.6) is 0 Å². The van der Waals surface area contributed by atoms with E-state index in [1.54, 1.807) is 12.1 Å². The van der Waals surface area contributed by atoms with Crippen LogP contribution < -0.4 is 5.73 Å². The van der Waals surface area contributed by atoms with Crippen molar-refractivity contribution < 1.29 is 18.0 Å². The second-order valence-electron chi connectivity index (χ2n) is 5.28. The first-order chi connectivity index (χ1) is 11.3. The molecule has 2 heterocycles. The number of Topliss-reactive ketones (excluding diaryl/α,β-unsaturated/α-hetero) is 1. The predicted molar refractivity (Wildman–Crippen MR) is 84.4 cm³/mol. The molecule has 0 aliphatic rings. The van der Waals surface area contributed by atoms with E-state index in [-0.39, 0.29) is 11.6 Å². The molecule has 4 nitrogen and oxygen atoms in total. The summed E-state index contributed by atoms with van der Waals surface area (Å²) in [5, 5.41) is 0.561. The number of benzene rings is 1. The van der Waals surface area contributed by atoms with Crippen molar-refractivity contribution >= 4 is 22.5 Å². The van der Waals surface area contributed by atoms with Crippen molar-refractivity contribution in [2.75, 3.05) is 5.73 Å². The van der Waals surface area contributed by atoms with E-state index in [2.05, 4.69) is 9.97 Å². The quantitative estimate of drug-likeness (QED) is 0.718. The molecule has 0 saturated heterocycles. The Bertz CT molecular complexity index is 934. The molecule has 0 saturated carbocycles. The Balaban J connectivity index is 2.11. The third-order valence-corrected chi connectivity index (χ3v) is 3.65. The number of nitrogens with two attached hydrogens (primary N) is 1. The van der Waals surface area contributed by atoms with Crippen LogP contribution in [0.4, 0.5) is 19.0 Å². The lowest BCUT2D eigenvalue weighted by atomic mass is 10.0. The summed E-state index contributed by atoms with van der Waals surface area (Å²) in [5.74, 6) is -0.0136. The van der Waals surface area contributed by atoms with Gasteiger partial charge in [0.2, 0.25) is 0 Å². The number of hydrogen-bond donors (Lipinski definition) is 1. The molecule has 122 valence electrons. The summed E-state index contributed by atoms with van der Waals surface area (Å²) in [7, 11) is 0. The van der Waals surface area contributed by atoms with Gasteiger partial charge in [-0.15, -0.1) is 0 Å². The number of halogens is 3. The van der Waals surface area contributed by atoms with Crippen LogP contribution >= 0.6 is 0 Å². The zero-order chi connectivity index (χ0) is 17.5. The van der Waals surface area contributed by atoms with Gasteiger partial charge in [-0.25, -0.2) is 9.97 Å². The first-order valence-electron chi connectivity index (χ1n) is 7.01. The number of fused-ring (bicyclic) bond motifs is 1. The summed E-state index contributed by atoms with van der Waals surface area (Å²) < 4.78 is 37.9. The minimum atomic E-state index is -4.39. The van der Waals surface area contributed by atoms with Gasteiger partial charge < -0.3 is 5.73 Å². The molecule has 2 N–H and O–H groups in total. The maximum absolute atomic E-state index is 12.6. The third-order valence-electron chi connectivity index (χ3n) is 3.65. The lowest BCUT2D eigenvalue weighted by Crippen LogP contribution is -2.04. The zero-order valence-corrected chi connectivity index (χ0v) is 12.6. The van der Waals surface area contributed by atoms with Crippen molar-refractivity contribution in [3.05, 3.63) is 53.7 Å². The molecule has 0 aliphatic carbocycles. The maximum Gasteiger partial charge on any atom is 0.416 e. The molecule has 0 fully saturated rings. The second kappa shape index (κ2) is 5.59. The summed E-state index contributed by atoms with van der Waals surface area (Å²) in [6, 6.07) is 7.98. The average Bonchev–Trinajstić information content (AvgIpc) is 2.54. The molecule has 1 aromatic carbocycles. The Morgan fingerprint density at radius 2 is 1.75 bits per heavy atom. The van der Waals surface area contributed by atoms with Crippen LogP contribution in [-0.4, -0.2) is 15.8 Å². The highest BCUT2D eigenvalue weighted by Crippen LogP contribution is 2.31. The Labute approximate surface area is 135 Å². The number of anilines is 1. The van der Waals surface area contributed by atoms with Gasteiger partial charge in [0.15, 0.2) is 5.78 Å². The molecule has 7 heteroatoms. The van der Waals surface area contributed by atoms with Crippen LogP contribution in [0.15, 0.2) is 42.6 Å². The number of carbonyl (C=O) groups is 1. The van der Waals surface area contributed by atoms with Gasteiger partial charge in [-0.2, -0.15) is 13.2 Å². The number of nitrogen functional groups attached to an aromatic ring is 1. The largest absolute Gasteiger partial charge is 0.416 e. The fraction of sp³-hybridized carbons (Fsp3) is 0.118. The fourth-order valence-electron chi connectivity index (χ4n) is 2.41. The van der Waals surface area contributed by atoms with Gasteiger partial charge in [-0.05, 0) is 31.2 Å². The molecule has 24 heavy (non-hydrogen) atoms. The average molecular weight is 331 g/mol. The van der Waals surface area contributed by atoms with Crippen LogP contribution in [0.25, 0.3) is 22.2 Å². The number of ketones is 1. The van der Waals surface area contributed by atoms with Crippen molar-refractivity contribution in [2.45, 2.75) is 13.1 Å². The van der Waals surface area contributed by atoms with Crippen LogP contribution in [0.1, 0.15) is 22.8 Å². The number of nitrogens with zero attached hydrogens (tertiary/aromatic N) is 2. The Kier molecular flexibility index (Phi) is 3.71. The highest BCUT2D eigenvalue weighted by atomic mass is 19.4. The predicted octanol–water partition coefficient (Wildman–Crippen LogP) is 4.10. The Morgan fingerprint density at radius 3 is 2.33 bits per heavy atom. The number of alkyl halides is 3. The van der Waals surface area contributed by atoms with Crippen LogP contribution in [0, 0.1) is 0 Å². The lowest BCUT2D eigenvalue weighted by Gasteiger charge is -2.09. The molecular formula is C17H12F3N3O. The van der Waals surface area contributed by atoms with E-state index in [1.165, 1.54) is 25.3 Å². The minimum Gasteiger partial charge on any atom is -0.382 e. The van der Waals surface area contributed by atoms with E-state index in [0.717, 1.165) is 12.1 Å². The van der Waals surface area contributed by atoms with E-state index in [0.29, 0.717) is 27.7 Å². The molecule has 3 aromatic rings. The van der Waals surface area contributed by atoms with Crippen molar-refractivity contribution in [1.82, 2.24) is 9.97 Å². The van der Waals surface area contributed by atoms with E-state index < -0.39 is 11.7 Å². The molecule has 0 spiro atoms. The Morgan fingerprint density at radius 1 is 1.08 bits per heavy atom. The van der Waals surface area contributed by atoms with Crippen LogP contribution in [0.2, 0.25) is 0 Å². The molecule has 0 unspecified atom stereocenters. The summed E-state index contributed by atoms with van der Waals surface area (Å²) >= 11 is 0. The first-order valence-corrected chi connectivity index (χ1v) is 7.01. The standard InChI is InChI=1S/C17H12F3N3O/c1-9(24)13-8-22-16(21)15-12(13)6-7-14(23-15)10-2-4-11(5-3-10)17(18,19)20/h2-8H,1H3,(H2,21,22). The summed E-state index contributed by atoms with van der Waals surface area (Å²) in [6.45, 7) is 1.41. The Hall–Kier alpha value is -2.96. The van der Waals surface area contributed by atoms with Crippen LogP contribution in [-0.2, 0) is 6.18 Å². The van der Waals surface area contributed by atoms with E-state index in [9.17, 15) is 18.0 Å². The van der Waals surface area contributed by atoms with Crippen molar-refractivity contribution in [3.63, 3.8) is 0 Å². The highest BCUT2D eigenvalue weighted by Gasteiger charge is 2.30. The second-order valence-corrected chi connectivity index (χ2v) is 5.28. The number of carbonyl (C=O) groups excluding carboxylic acids is 1. The normalized spacial score (nSPS) is 11.7. The number of pyridine rings is 2. The molecular weight excluding hydrogens is 319 g/mol. The molecule has 0 radical (unpaired) electrons. The van der Waals surface area contributed by atoms with E-state index in [4.69, 9.17) is 5.73 Å². The molecule has 3 rings (SSSR count). The van der Waals surface area contributed by atoms with E-state index >= 15 is 0 Å². The highest BCUT2D eigenvalue weighted by molar-refractivity contribution is 6.08. The van der Waals surface area contributed by atoms with Crippen molar-refractivity contribution in [1.29, 1.82) is 0 Å². The fourth-order valence-corrected chi connectivity index (χ4v) is 2.41. The van der Waals surface area contributed by atoms with Gasteiger partial charge in [-0.1, -0.05) is 12.1 Å². The smallest absolute Gasteiger partial charge is 0.382 e. The number of hydrogen-bond acceptors (Lipinski definition) is 4. The number of rotatable bonds is 2. The summed E-state index contributed by atoms with van der Waals surface area (Å²) in [5.41, 5.74) is 6.79. The lowest BCUT2D eigenvalue weighted by molar-refractivity contribution is -0.137. The topological polar surface area (TPSA) is 68.9 Å². The van der Waals surface area contributed by atoms with Crippen LogP contribution in [0.3, 0.4) is 0 Å². The minimum absolute atomic E-state index is 0.156. The van der Waals surface area contributed by atoms with Crippen molar-refractivity contribution in [3.8, 4) is 11.3 Å². The van der Waals surface area contributed by atoms with E-state index in [1.807, 2.05) is 0 Å². The van der Waals surface area contributed by atoms with Gasteiger partial charge in [0.05, 0.1) is 11.3 Å². The molecule has 2 aromatic heterocycles. The van der Waals surface area contributed by atoms with Gasteiger partial charge in [0.25, 0.3) is 0 Å². The van der Waals surface area contributed by atoms with Gasteiger partial charge >= 0.3 is 6.18 Å². The molecule has 0 aliphatic heterocycles. The zero-order valence-electron chi connectivity index (χ0n) is 12.6. The van der Waals surface area contributed by atoms with Gasteiger partial charge in [-0.3, -0.25) is 4.79 Å². The van der Waals surface area contributed by atoms with Gasteiger partial charge in [0.1, 0.15) is 11.3 Å². The molecule has 0 amide bonds. The summed E-state index contributed by atoms with van der Waals surface area (Å²) in [4.78, 5) is 20.0. The number of aromatic nitrogens is 2. The maximum atomic E-state index is 12.6. The molecule has 0 bridgehead atoms. The molecule has 0 atom stereocenters. The first kappa shape index (κ1) is 15.9. The third kappa shape index (κ3) is 2.80. The monoisotopic (exact) mass is 331 g/mol.